The van der Waals surface area contributed by atoms with Crippen LogP contribution >= 0.6 is 11.6 Å². The van der Waals surface area contributed by atoms with Crippen LogP contribution in [0.2, 0.25) is 5.02 Å². The molecular weight excluding hydrogens is 392 g/mol. The summed E-state index contributed by atoms with van der Waals surface area (Å²) in [5, 5.41) is 0.586. The van der Waals surface area contributed by atoms with Gasteiger partial charge in [0.15, 0.2) is 0 Å². The Morgan fingerprint density at radius 1 is 1.10 bits per heavy atom. The number of nitrogens with one attached hydrogen (secondary N) is 1. The van der Waals surface area contributed by atoms with Crippen molar-refractivity contribution in [2.75, 3.05) is 30.9 Å². The highest BCUT2D eigenvalue weighted by Crippen LogP contribution is 2.23. The minimum Gasteiger partial charge on any atom is -0.383 e. The smallest absolute Gasteiger partial charge is 0.330 e. The highest BCUT2D eigenvalue weighted by Gasteiger charge is 2.20. The van der Waals surface area contributed by atoms with Crippen molar-refractivity contribution in [3.8, 4) is 0 Å². The molecule has 0 atom stereocenters. The summed E-state index contributed by atoms with van der Waals surface area (Å²) in [6, 6.07) is 16.8. The lowest BCUT2D eigenvalue weighted by atomic mass is 10.2. The van der Waals surface area contributed by atoms with E-state index in [9.17, 15) is 9.59 Å². The van der Waals surface area contributed by atoms with Crippen molar-refractivity contribution in [2.45, 2.75) is 13.1 Å². The highest BCUT2D eigenvalue weighted by molar-refractivity contribution is 6.31. The number of benzene rings is 2. The van der Waals surface area contributed by atoms with E-state index in [1.807, 2.05) is 48.5 Å². The van der Waals surface area contributed by atoms with Crippen LogP contribution in [0.5, 0.6) is 0 Å². The van der Waals surface area contributed by atoms with Gasteiger partial charge in [-0.3, -0.25) is 14.3 Å². The molecule has 3 aromatic rings. The van der Waals surface area contributed by atoms with Crippen LogP contribution in [0.3, 0.4) is 0 Å². The zero-order valence-electron chi connectivity index (χ0n) is 16.1. The SMILES string of the molecule is COCCN(Cc1ccccc1Cl)c1c(N)n(Cc2ccccc2)c(=O)[nH]c1=O. The van der Waals surface area contributed by atoms with Gasteiger partial charge in [0.2, 0.25) is 0 Å². The molecule has 2 aromatic carbocycles. The van der Waals surface area contributed by atoms with E-state index in [1.165, 1.54) is 4.57 Å². The van der Waals surface area contributed by atoms with Gasteiger partial charge < -0.3 is 15.4 Å². The van der Waals surface area contributed by atoms with Crippen molar-refractivity contribution in [3.63, 3.8) is 0 Å². The van der Waals surface area contributed by atoms with Crippen molar-refractivity contribution in [3.05, 3.63) is 91.6 Å². The third kappa shape index (κ3) is 4.88. The van der Waals surface area contributed by atoms with Crippen molar-refractivity contribution in [1.29, 1.82) is 0 Å². The first-order valence-electron chi connectivity index (χ1n) is 9.15. The van der Waals surface area contributed by atoms with Crippen LogP contribution in [0.25, 0.3) is 0 Å². The molecule has 0 aliphatic heterocycles. The zero-order valence-corrected chi connectivity index (χ0v) is 16.9. The van der Waals surface area contributed by atoms with E-state index in [1.54, 1.807) is 18.1 Å². The zero-order chi connectivity index (χ0) is 20.8. The second-order valence-corrected chi connectivity index (χ2v) is 6.98. The van der Waals surface area contributed by atoms with Gasteiger partial charge in [-0.05, 0) is 17.2 Å². The Bertz CT molecular complexity index is 1080. The number of hydrogen-bond donors (Lipinski definition) is 2. The van der Waals surface area contributed by atoms with E-state index in [4.69, 9.17) is 22.1 Å². The van der Waals surface area contributed by atoms with Gasteiger partial charge in [-0.1, -0.05) is 60.1 Å². The molecule has 3 N–H and O–H groups in total. The minimum absolute atomic E-state index is 0.103. The summed E-state index contributed by atoms with van der Waals surface area (Å²) in [4.78, 5) is 29.3. The topological polar surface area (TPSA) is 93.3 Å². The quantitative estimate of drug-likeness (QED) is 0.590. The third-order valence-corrected chi connectivity index (χ3v) is 4.97. The van der Waals surface area contributed by atoms with E-state index in [0.29, 0.717) is 24.7 Å². The van der Waals surface area contributed by atoms with Crippen molar-refractivity contribution in [2.24, 2.45) is 0 Å². The molecule has 0 spiro atoms. The molecule has 0 aliphatic rings. The maximum absolute atomic E-state index is 12.7. The molecule has 0 amide bonds. The molecule has 3 rings (SSSR count). The molecule has 0 saturated carbocycles. The fraction of sp³-hybridized carbons (Fsp3) is 0.238. The van der Waals surface area contributed by atoms with Crippen molar-refractivity contribution >= 4 is 23.1 Å². The monoisotopic (exact) mass is 414 g/mol. The van der Waals surface area contributed by atoms with Crippen LogP contribution in [0.4, 0.5) is 11.5 Å². The predicted molar refractivity (Wildman–Crippen MR) is 116 cm³/mol. The van der Waals surface area contributed by atoms with E-state index in [-0.39, 0.29) is 18.1 Å². The fourth-order valence-electron chi connectivity index (χ4n) is 3.11. The fourth-order valence-corrected chi connectivity index (χ4v) is 3.31. The van der Waals surface area contributed by atoms with E-state index in [0.717, 1.165) is 11.1 Å². The Kier molecular flexibility index (Phi) is 6.74. The summed E-state index contributed by atoms with van der Waals surface area (Å²) in [6.07, 6.45) is 0. The summed E-state index contributed by atoms with van der Waals surface area (Å²) in [6.45, 7) is 1.37. The first-order valence-corrected chi connectivity index (χ1v) is 9.53. The maximum Gasteiger partial charge on any atom is 0.330 e. The lowest BCUT2D eigenvalue weighted by molar-refractivity contribution is 0.205. The van der Waals surface area contributed by atoms with Crippen LogP contribution < -0.4 is 21.9 Å². The largest absolute Gasteiger partial charge is 0.383 e. The Balaban J connectivity index is 2.05. The highest BCUT2D eigenvalue weighted by atomic mass is 35.5. The Labute approximate surface area is 173 Å². The van der Waals surface area contributed by atoms with Gasteiger partial charge in [-0.25, -0.2) is 4.79 Å². The van der Waals surface area contributed by atoms with E-state index in [2.05, 4.69) is 4.98 Å². The van der Waals surface area contributed by atoms with Gasteiger partial charge in [-0.2, -0.15) is 0 Å². The van der Waals surface area contributed by atoms with Crippen molar-refractivity contribution < 1.29 is 4.74 Å². The van der Waals surface area contributed by atoms with Crippen LogP contribution in [-0.2, 0) is 17.8 Å². The number of nitrogens with zero attached hydrogens (tertiary/aromatic N) is 2. The second-order valence-electron chi connectivity index (χ2n) is 6.57. The van der Waals surface area contributed by atoms with Gasteiger partial charge >= 0.3 is 5.69 Å². The molecule has 0 aliphatic carbocycles. The lowest BCUT2D eigenvalue weighted by Crippen LogP contribution is -2.39. The van der Waals surface area contributed by atoms with Gasteiger partial charge in [0.05, 0.1) is 13.2 Å². The number of ether oxygens (including phenoxy) is 1. The van der Waals surface area contributed by atoms with Crippen LogP contribution in [-0.4, -0.2) is 29.8 Å². The number of anilines is 2. The van der Waals surface area contributed by atoms with Gasteiger partial charge in [0.1, 0.15) is 11.5 Å². The number of aromatic nitrogens is 2. The minimum atomic E-state index is -0.551. The number of halogens is 1. The summed E-state index contributed by atoms with van der Waals surface area (Å²) < 4.78 is 6.55. The summed E-state index contributed by atoms with van der Waals surface area (Å²) in [5.41, 5.74) is 7.19. The first kappa shape index (κ1) is 20.7. The molecule has 1 aromatic heterocycles. The molecule has 29 heavy (non-hydrogen) atoms. The Hall–Kier alpha value is -3.03. The molecular formula is C21H23ClN4O3. The normalized spacial score (nSPS) is 10.8. The standard InChI is InChI=1S/C21H23ClN4O3/c1-29-12-11-25(14-16-9-5-6-10-17(16)22)18-19(23)26(21(28)24-20(18)27)13-15-7-3-2-4-8-15/h2-10H,11-14,23H2,1H3,(H,24,27,28). The number of nitrogen functional groups attached to an aromatic ring is 1. The number of H-pyrrole nitrogens is 1. The van der Waals surface area contributed by atoms with Crippen molar-refractivity contribution in [1.82, 2.24) is 9.55 Å². The number of aromatic amines is 1. The maximum atomic E-state index is 12.7. The van der Waals surface area contributed by atoms with Crippen LogP contribution in [0.1, 0.15) is 11.1 Å². The Morgan fingerprint density at radius 3 is 2.48 bits per heavy atom. The predicted octanol–water partition coefficient (Wildman–Crippen LogP) is 2.47. The summed E-state index contributed by atoms with van der Waals surface area (Å²) in [5.74, 6) is 0.103. The summed E-state index contributed by atoms with van der Waals surface area (Å²) >= 11 is 6.30. The Morgan fingerprint density at radius 2 is 1.79 bits per heavy atom. The molecule has 0 bridgehead atoms. The molecule has 0 unspecified atom stereocenters. The molecule has 7 nitrogen and oxygen atoms in total. The number of hydrogen-bond acceptors (Lipinski definition) is 5. The molecule has 0 fully saturated rings. The van der Waals surface area contributed by atoms with Crippen LogP contribution in [0.15, 0.2) is 64.2 Å². The van der Waals surface area contributed by atoms with Gasteiger partial charge in [0.25, 0.3) is 5.56 Å². The number of rotatable bonds is 8. The molecule has 152 valence electrons. The lowest BCUT2D eigenvalue weighted by Gasteiger charge is -2.26. The average molecular weight is 415 g/mol. The number of methoxy groups -OCH3 is 1. The molecule has 1 heterocycles. The van der Waals surface area contributed by atoms with Gasteiger partial charge in [0, 0.05) is 25.2 Å². The third-order valence-electron chi connectivity index (χ3n) is 4.60. The van der Waals surface area contributed by atoms with Crippen LogP contribution in [0, 0.1) is 0 Å². The van der Waals surface area contributed by atoms with Gasteiger partial charge in [-0.15, -0.1) is 0 Å². The molecule has 0 radical (unpaired) electrons. The first-order chi connectivity index (χ1) is 14.0. The van der Waals surface area contributed by atoms with E-state index < -0.39 is 11.2 Å². The molecule has 8 heteroatoms. The average Bonchev–Trinajstić information content (AvgIpc) is 2.71. The van der Waals surface area contributed by atoms with E-state index >= 15 is 0 Å². The summed E-state index contributed by atoms with van der Waals surface area (Å²) in [7, 11) is 1.58. The molecule has 0 saturated heterocycles. The number of nitrogens with two attached hydrogens (primary N) is 1. The second kappa shape index (κ2) is 9.45.